The number of carboxylic acids is 1. The molecule has 12 heterocycles. The molecule has 0 spiro atoms. The van der Waals surface area contributed by atoms with Gasteiger partial charge in [-0.05, 0) is 55.8 Å². The molecule has 0 aliphatic rings. The molecular weight excluding hydrogens is 1110 g/mol. The van der Waals surface area contributed by atoms with Gasteiger partial charge in [0.15, 0.2) is 17.5 Å². The summed E-state index contributed by atoms with van der Waals surface area (Å²) in [6.45, 7) is 7.34. The van der Waals surface area contributed by atoms with Crippen LogP contribution >= 0.6 is 15.9 Å². The fraction of sp³-hybridized carbons (Fsp3) is 0.184. The molecule has 12 rings (SSSR count). The molecular formula is C49H47BrN20O10. The van der Waals surface area contributed by atoms with Gasteiger partial charge >= 0.3 is 11.9 Å². The van der Waals surface area contributed by atoms with Gasteiger partial charge in [0, 0.05) is 35.6 Å². The van der Waals surface area contributed by atoms with E-state index in [9.17, 15) is 19.2 Å². The normalized spacial score (nSPS) is 10.6. The number of hydrogen-bond donors (Lipinski definition) is 6. The molecule has 12 aromatic heterocycles. The molecule has 0 amide bonds. The fourth-order valence-electron chi connectivity index (χ4n) is 7.66. The first-order valence-corrected chi connectivity index (χ1v) is 24.0. The maximum Gasteiger partial charge on any atom is 0.379 e. The van der Waals surface area contributed by atoms with Crippen molar-refractivity contribution in [1.82, 2.24) is 100 Å². The minimum absolute atomic E-state index is 0.000151. The van der Waals surface area contributed by atoms with Gasteiger partial charge in [-0.1, -0.05) is 15.6 Å². The second-order valence-electron chi connectivity index (χ2n) is 16.5. The summed E-state index contributed by atoms with van der Waals surface area (Å²) in [4.78, 5) is 75.4. The third kappa shape index (κ3) is 11.7. The number of aliphatic carboxylic acids is 1. The molecule has 0 bridgehead atoms. The number of H-pyrrole nitrogens is 5. The van der Waals surface area contributed by atoms with Crippen LogP contribution in [0, 0.1) is 27.7 Å². The van der Waals surface area contributed by atoms with Crippen molar-refractivity contribution in [2.75, 3.05) is 35.5 Å². The van der Waals surface area contributed by atoms with Gasteiger partial charge in [0.25, 0.3) is 11.6 Å². The third-order valence-electron chi connectivity index (χ3n) is 11.3. The highest BCUT2D eigenvalue weighted by Crippen LogP contribution is 2.34. The topological polar surface area (TPSA) is 383 Å². The molecule has 12 aromatic rings. The van der Waals surface area contributed by atoms with Crippen LogP contribution in [0.3, 0.4) is 0 Å². The smallest absolute Gasteiger partial charge is 0.379 e. The van der Waals surface area contributed by atoms with Gasteiger partial charge in [-0.25, -0.2) is 29.5 Å². The first-order chi connectivity index (χ1) is 38.6. The van der Waals surface area contributed by atoms with Crippen molar-refractivity contribution in [3.8, 4) is 40.5 Å². The predicted octanol–water partition coefficient (Wildman–Crippen LogP) is 5.45. The van der Waals surface area contributed by atoms with Gasteiger partial charge in [0.2, 0.25) is 0 Å². The highest BCUT2D eigenvalue weighted by atomic mass is 79.9. The summed E-state index contributed by atoms with van der Waals surface area (Å²) < 4.78 is 30.7. The van der Waals surface area contributed by atoms with Crippen LogP contribution in [-0.2, 0) is 14.3 Å². The van der Waals surface area contributed by atoms with Crippen LogP contribution in [0.1, 0.15) is 43.5 Å². The Kier molecular flexibility index (Phi) is 17.0. The average molecular weight is 1160 g/mol. The molecule has 0 saturated heterocycles. The van der Waals surface area contributed by atoms with E-state index in [1.165, 1.54) is 48.4 Å². The number of carbonyl (C=O) groups is 4. The van der Waals surface area contributed by atoms with Crippen LogP contribution in [0.15, 0.2) is 91.1 Å². The highest BCUT2D eigenvalue weighted by Gasteiger charge is 2.26. The summed E-state index contributed by atoms with van der Waals surface area (Å²) >= 11 is 3.34. The molecule has 0 aromatic carbocycles. The lowest BCUT2D eigenvalue weighted by molar-refractivity contribution is -0.135. The van der Waals surface area contributed by atoms with Crippen molar-refractivity contribution < 1.29 is 48.0 Å². The third-order valence-corrected chi connectivity index (χ3v) is 11.9. The number of pyridine rings is 4. The van der Waals surface area contributed by atoms with Crippen LogP contribution in [0.25, 0.3) is 61.1 Å². The molecule has 0 fully saturated rings. The lowest BCUT2D eigenvalue weighted by Gasteiger charge is -2.07. The van der Waals surface area contributed by atoms with Crippen molar-refractivity contribution in [3.63, 3.8) is 0 Å². The van der Waals surface area contributed by atoms with Crippen LogP contribution in [0.5, 0.6) is 23.0 Å². The number of hydrogen-bond acceptors (Lipinski definition) is 21. The zero-order valence-corrected chi connectivity index (χ0v) is 45.4. The summed E-state index contributed by atoms with van der Waals surface area (Å²) in [7, 11) is 7.28. The Bertz CT molecular complexity index is 4150. The van der Waals surface area contributed by atoms with Gasteiger partial charge in [-0.2, -0.15) is 29.5 Å². The number of aromatic nitrogens is 20. The Labute approximate surface area is 458 Å². The number of ether oxygens (including phenoxy) is 5. The Morgan fingerprint density at radius 2 is 0.950 bits per heavy atom. The van der Waals surface area contributed by atoms with Crippen LogP contribution < -0.4 is 18.9 Å². The zero-order chi connectivity index (χ0) is 57.2. The summed E-state index contributed by atoms with van der Waals surface area (Å²) in [6.07, 6.45) is 19.5. The lowest BCUT2D eigenvalue weighted by Crippen LogP contribution is -2.15. The van der Waals surface area contributed by atoms with Crippen LogP contribution in [-0.4, -0.2) is 164 Å². The van der Waals surface area contributed by atoms with Gasteiger partial charge < -0.3 is 48.7 Å². The van der Waals surface area contributed by atoms with Crippen molar-refractivity contribution in [2.24, 2.45) is 0 Å². The average Bonchev–Trinajstić information content (AvgIpc) is 4.32. The number of carbonyl (C=O) groups excluding carboxylic acids is 3. The SMILES string of the molecule is COC(=O)C(=O)c1c[nH]c2c(-n3cc(C)nn3)ncc(OC)c12.COc1cnc(-n2cc(C)nn2)c2[nH]cc(C(=O)C(=O)O)c12.COc1cnc(-n2cc(C)nn2)c2[nH]ccc12.COc1cnc(Br)c2[nH]ccc12.Cc1cn[nH]n1. The molecule has 0 saturated carbocycles. The van der Waals surface area contributed by atoms with E-state index in [0.29, 0.717) is 62.1 Å². The van der Waals surface area contributed by atoms with Gasteiger partial charge in [0.05, 0.1) is 152 Å². The Hall–Kier alpha value is -10.7. The van der Waals surface area contributed by atoms with E-state index < -0.39 is 23.5 Å². The zero-order valence-electron chi connectivity index (χ0n) is 43.8. The van der Waals surface area contributed by atoms with Crippen molar-refractivity contribution >= 4 is 83.0 Å². The molecule has 0 aliphatic heterocycles. The monoisotopic (exact) mass is 1150 g/mol. The maximum absolute atomic E-state index is 12.2. The number of ketones is 2. The minimum atomic E-state index is -1.54. The highest BCUT2D eigenvalue weighted by molar-refractivity contribution is 9.10. The van der Waals surface area contributed by atoms with E-state index in [1.54, 1.807) is 63.7 Å². The van der Waals surface area contributed by atoms with Gasteiger partial charge in [0.1, 0.15) is 27.6 Å². The number of nitrogens with zero attached hydrogens (tertiary/aromatic N) is 15. The van der Waals surface area contributed by atoms with E-state index >= 15 is 0 Å². The van der Waals surface area contributed by atoms with E-state index in [1.807, 2.05) is 44.6 Å². The van der Waals surface area contributed by atoms with Crippen molar-refractivity contribution in [2.45, 2.75) is 27.7 Å². The number of nitrogens with one attached hydrogen (secondary N) is 5. The van der Waals surface area contributed by atoms with Gasteiger partial charge in [-0.3, -0.25) is 9.59 Å². The van der Waals surface area contributed by atoms with Crippen LogP contribution in [0.4, 0.5) is 0 Å². The first-order valence-electron chi connectivity index (χ1n) is 23.2. The largest absolute Gasteiger partial charge is 0.494 e. The number of aromatic amines is 5. The predicted molar refractivity (Wildman–Crippen MR) is 287 cm³/mol. The van der Waals surface area contributed by atoms with E-state index in [2.05, 4.69) is 107 Å². The standard InChI is InChI=1S/C14H13N5O4.C13H11N5O4.C11H11N5O.C8H7BrN2O.C3H5N3/c1-7-6-19(18-17-7)13-11-10(9(22-2)5-16-13)8(4-15-11)12(20)14(21)23-3;1-6-5-18(17-16-6)12-10-9(8(22-2)4-15-12)7(3-14-10)11(19)13(20)21;1-7-6-16(15-14-7)11-10-8(3-4-12-10)9(17-2)5-13-11;1-12-6-4-11-8(9)7-5(6)2-3-10-7;1-3-2-4-6-5-3/h4-6,15H,1-3H3;3-5,14H,1-2H3,(H,20,21);3-6,12H,1-2H3;2-4,10H,1H3;2H,1H3,(H,4,5,6). The Morgan fingerprint density at radius 1 is 0.525 bits per heavy atom. The molecule has 0 radical (unpaired) electrons. The molecule has 410 valence electrons. The number of rotatable bonds is 11. The summed E-state index contributed by atoms with van der Waals surface area (Å²) in [5, 5.41) is 45.1. The van der Waals surface area contributed by atoms with Crippen LogP contribution in [0.2, 0.25) is 0 Å². The number of Topliss-reactive ketones (excluding diaryl/α,β-unsaturated/α-hetero) is 2. The summed E-state index contributed by atoms with van der Waals surface area (Å²) in [5.74, 6) is -0.592. The number of halogens is 1. The number of fused-ring (bicyclic) bond motifs is 4. The molecule has 0 aliphatic carbocycles. The molecule has 6 N–H and O–H groups in total. The second-order valence-corrected chi connectivity index (χ2v) is 17.2. The molecule has 80 heavy (non-hydrogen) atoms. The molecule has 31 heteroatoms. The number of methoxy groups -OCH3 is 5. The molecule has 30 nitrogen and oxygen atoms in total. The van der Waals surface area contributed by atoms with Gasteiger partial charge in [-0.15, -0.1) is 15.3 Å². The quantitative estimate of drug-likeness (QED) is 0.0405. The van der Waals surface area contributed by atoms with E-state index in [-0.39, 0.29) is 11.1 Å². The lowest BCUT2D eigenvalue weighted by atomic mass is 10.1. The Morgan fingerprint density at radius 3 is 1.34 bits per heavy atom. The van der Waals surface area contributed by atoms with Crippen molar-refractivity contribution in [1.29, 1.82) is 0 Å². The number of esters is 1. The first kappa shape index (κ1) is 55.5. The summed E-state index contributed by atoms with van der Waals surface area (Å²) in [5.41, 5.74) is 6.12. The van der Waals surface area contributed by atoms with E-state index in [0.717, 1.165) is 56.4 Å². The second kappa shape index (κ2) is 24.5. The fourth-order valence-corrected chi connectivity index (χ4v) is 8.09. The molecule has 0 atom stereocenters. The Balaban J connectivity index is 0.000000138. The molecule has 0 unspecified atom stereocenters. The maximum atomic E-state index is 12.2. The summed E-state index contributed by atoms with van der Waals surface area (Å²) in [6, 6.07) is 3.91. The van der Waals surface area contributed by atoms with E-state index in [4.69, 9.17) is 24.1 Å². The number of carboxylic acid groups (broad SMARTS) is 1. The number of aryl methyl sites for hydroxylation is 4. The van der Waals surface area contributed by atoms with Crippen molar-refractivity contribution in [3.05, 3.63) is 125 Å². The minimum Gasteiger partial charge on any atom is -0.494 e.